The highest BCUT2D eigenvalue weighted by Crippen LogP contribution is 2.42. The van der Waals surface area contributed by atoms with E-state index in [4.69, 9.17) is 4.74 Å². The van der Waals surface area contributed by atoms with Gasteiger partial charge in [0.15, 0.2) is 5.04 Å². The highest BCUT2D eigenvalue weighted by molar-refractivity contribution is 8.27. The van der Waals surface area contributed by atoms with Crippen molar-refractivity contribution in [1.82, 2.24) is 14.6 Å². The van der Waals surface area contributed by atoms with Crippen LogP contribution in [0.15, 0.2) is 16.5 Å². The molecule has 1 saturated heterocycles. The molecule has 0 radical (unpaired) electrons. The number of ether oxygens (including phenoxy) is 1. The van der Waals surface area contributed by atoms with Crippen molar-refractivity contribution < 1.29 is 27.3 Å². The molecule has 2 fully saturated rings. The highest BCUT2D eigenvalue weighted by Gasteiger charge is 2.53. The number of thiazole rings is 1. The van der Waals surface area contributed by atoms with Gasteiger partial charge in [0.05, 0.1) is 23.0 Å². The van der Waals surface area contributed by atoms with Crippen LogP contribution in [0.3, 0.4) is 0 Å². The van der Waals surface area contributed by atoms with Gasteiger partial charge in [0.2, 0.25) is 10.0 Å². The number of imide groups is 1. The number of aromatic nitrogens is 1. The van der Waals surface area contributed by atoms with Crippen LogP contribution in [-0.4, -0.2) is 65.2 Å². The molecule has 9 nitrogen and oxygen atoms in total. The van der Waals surface area contributed by atoms with Crippen molar-refractivity contribution in [2.45, 2.75) is 51.6 Å². The number of thioether (sulfide) groups is 1. The zero-order valence-corrected chi connectivity index (χ0v) is 21.0. The Bertz CT molecular complexity index is 1160. The first-order valence-electron chi connectivity index (χ1n) is 11.1. The number of sulfonamides is 1. The van der Waals surface area contributed by atoms with Crippen LogP contribution in [0.5, 0.6) is 0 Å². The van der Waals surface area contributed by atoms with Crippen LogP contribution in [0.25, 0.3) is 0 Å². The predicted molar refractivity (Wildman–Crippen MR) is 125 cm³/mol. The fourth-order valence-corrected chi connectivity index (χ4v) is 8.12. The maximum absolute atomic E-state index is 13.5. The summed E-state index contributed by atoms with van der Waals surface area (Å²) >= 11 is 2.46. The molecule has 178 valence electrons. The number of nitrogens with one attached hydrogen (secondary N) is 1. The molecular weight excluding hydrogens is 484 g/mol. The third kappa shape index (κ3) is 4.68. The molecule has 1 aliphatic carbocycles. The molecule has 12 heteroatoms. The fourth-order valence-electron chi connectivity index (χ4n) is 4.28. The molecule has 33 heavy (non-hydrogen) atoms. The number of rotatable bonds is 7. The minimum absolute atomic E-state index is 0.0946. The molecule has 1 N–H and O–H groups in total. The zero-order valence-electron chi connectivity index (χ0n) is 18.6. The molecular formula is C21H27N4O5S3+. The predicted octanol–water partition coefficient (Wildman–Crippen LogP) is 2.43. The summed E-state index contributed by atoms with van der Waals surface area (Å²) in [6.45, 7) is 5.52. The first kappa shape index (κ1) is 23.2. The first-order chi connectivity index (χ1) is 15.7. The lowest BCUT2D eigenvalue weighted by Crippen LogP contribution is -2.53. The van der Waals surface area contributed by atoms with Crippen molar-refractivity contribution in [3.8, 4) is 0 Å². The van der Waals surface area contributed by atoms with Crippen molar-refractivity contribution in [1.29, 1.82) is 0 Å². The molecule has 0 bridgehead atoms. The number of aryl methyl sites for hydroxylation is 1. The van der Waals surface area contributed by atoms with E-state index in [0.29, 0.717) is 24.8 Å². The second-order valence-electron chi connectivity index (χ2n) is 9.32. The molecule has 3 aliphatic heterocycles. The van der Waals surface area contributed by atoms with Crippen LogP contribution in [0.2, 0.25) is 0 Å². The Hall–Kier alpha value is -1.60. The summed E-state index contributed by atoms with van der Waals surface area (Å²) in [5, 5.41) is 1.34. The summed E-state index contributed by atoms with van der Waals surface area (Å²) in [5.74, 6) is -1.04. The lowest BCUT2D eigenvalue weighted by molar-refractivity contribution is -0.448. The summed E-state index contributed by atoms with van der Waals surface area (Å²) < 4.78 is 36.1. The molecule has 3 amide bonds. The second-order valence-corrected chi connectivity index (χ2v) is 13.6. The first-order valence-corrected chi connectivity index (χ1v) is 14.2. The average molecular weight is 512 g/mol. The molecule has 1 aromatic heterocycles. The van der Waals surface area contributed by atoms with Gasteiger partial charge in [-0.05, 0) is 57.4 Å². The topological polar surface area (TPSA) is 109 Å². The molecule has 0 aromatic carbocycles. The molecule has 1 aromatic rings. The third-order valence-electron chi connectivity index (χ3n) is 6.36. The van der Waals surface area contributed by atoms with E-state index in [1.807, 2.05) is 13.8 Å². The van der Waals surface area contributed by atoms with Gasteiger partial charge in [-0.15, -0.1) is 11.3 Å². The van der Waals surface area contributed by atoms with E-state index in [9.17, 15) is 18.0 Å². The Labute approximate surface area is 201 Å². The number of hydrogen-bond acceptors (Lipinski definition) is 8. The molecule has 2 atom stereocenters. The Morgan fingerprint density at radius 2 is 2.15 bits per heavy atom. The summed E-state index contributed by atoms with van der Waals surface area (Å²) in [7, 11) is -3.77. The van der Waals surface area contributed by atoms with E-state index >= 15 is 0 Å². The van der Waals surface area contributed by atoms with Gasteiger partial charge in [0.1, 0.15) is 16.7 Å². The highest BCUT2D eigenvalue weighted by atomic mass is 32.3. The Morgan fingerprint density at radius 3 is 2.79 bits per heavy atom. The molecule has 4 aliphatic rings. The minimum Gasteiger partial charge on any atom is -0.381 e. The van der Waals surface area contributed by atoms with Crippen molar-refractivity contribution in [3.63, 3.8) is 0 Å². The van der Waals surface area contributed by atoms with Crippen molar-refractivity contribution >= 4 is 50.1 Å². The summed E-state index contributed by atoms with van der Waals surface area (Å²) in [6, 6.07) is -0.412. The lowest BCUT2D eigenvalue weighted by atomic mass is 10.0. The van der Waals surface area contributed by atoms with Crippen LogP contribution in [0.1, 0.15) is 42.5 Å². The fraction of sp³-hybridized carbons (Fsp3) is 0.619. The van der Waals surface area contributed by atoms with Crippen LogP contribution >= 0.6 is 23.1 Å². The van der Waals surface area contributed by atoms with E-state index in [1.54, 1.807) is 10.8 Å². The molecule has 0 spiro atoms. The number of hydrogen-bond donors (Lipinski definition) is 1. The van der Waals surface area contributed by atoms with Gasteiger partial charge in [-0.3, -0.25) is 0 Å². The third-order valence-corrected chi connectivity index (χ3v) is 10.6. The average Bonchev–Trinajstić information content (AvgIpc) is 3.15. The van der Waals surface area contributed by atoms with Crippen LogP contribution in [0.4, 0.5) is 4.79 Å². The number of amides is 3. The van der Waals surface area contributed by atoms with Gasteiger partial charge in [-0.1, -0.05) is 0 Å². The second kappa shape index (κ2) is 8.56. The van der Waals surface area contributed by atoms with Crippen LogP contribution in [-0.2, 0) is 26.1 Å². The number of nitrogens with zero attached hydrogens (tertiary/aromatic N) is 3. The Morgan fingerprint density at radius 1 is 1.36 bits per heavy atom. The van der Waals surface area contributed by atoms with Crippen LogP contribution < -0.4 is 4.72 Å². The molecule has 4 heterocycles. The number of urea groups is 1. The van der Waals surface area contributed by atoms with Gasteiger partial charge < -0.3 is 4.74 Å². The number of fused-ring (bicyclic) bond motifs is 1. The van der Waals surface area contributed by atoms with E-state index in [-0.39, 0.29) is 16.7 Å². The largest absolute Gasteiger partial charge is 0.501 e. The van der Waals surface area contributed by atoms with Crippen molar-refractivity contribution in [2.24, 2.45) is 11.8 Å². The van der Waals surface area contributed by atoms with Crippen LogP contribution in [0, 0.1) is 18.8 Å². The minimum atomic E-state index is -3.77. The molecule has 2 unspecified atom stereocenters. The van der Waals surface area contributed by atoms with Gasteiger partial charge >= 0.3 is 11.9 Å². The quantitative estimate of drug-likeness (QED) is 0.560. The van der Waals surface area contributed by atoms with E-state index in [0.717, 1.165) is 47.3 Å². The van der Waals surface area contributed by atoms with E-state index in [2.05, 4.69) is 9.71 Å². The maximum Gasteiger partial charge on any atom is 0.501 e. The van der Waals surface area contributed by atoms with Gasteiger partial charge in [0.25, 0.3) is 0 Å². The van der Waals surface area contributed by atoms with Gasteiger partial charge in [0, 0.05) is 24.3 Å². The standard InChI is InChI=1S/C21H27N4O5S3/c1-13-22-9-15(31-13)11-24-18(26)16-8-17(33(28,29)23-21(2)5-6-21)32-19(16)25(20(24)27)10-14-4-3-7-30-12-14/h8-9,14,16,23H,3-7,10-12H2,1-2H3/q+1. The number of carbonyl (C=O) groups excluding carboxylic acids is 2. The molecule has 5 rings (SSSR count). The van der Waals surface area contributed by atoms with Crippen molar-refractivity contribution in [2.75, 3.05) is 19.8 Å². The number of carbonyl (C=O) groups is 2. The summed E-state index contributed by atoms with van der Waals surface area (Å²) in [4.78, 5) is 33.2. The van der Waals surface area contributed by atoms with Gasteiger partial charge in [-0.25, -0.2) is 22.9 Å². The smallest absolute Gasteiger partial charge is 0.381 e. The Kier molecular flexibility index (Phi) is 6.01. The monoisotopic (exact) mass is 511 g/mol. The normalized spacial score (nSPS) is 27.1. The summed E-state index contributed by atoms with van der Waals surface area (Å²) in [6.07, 6.45) is 6.59. The summed E-state index contributed by atoms with van der Waals surface area (Å²) in [5.41, 5.74) is -0.423. The van der Waals surface area contributed by atoms with E-state index < -0.39 is 33.4 Å². The van der Waals surface area contributed by atoms with Gasteiger partial charge in [-0.2, -0.15) is 14.3 Å². The zero-order chi connectivity index (χ0) is 23.4. The van der Waals surface area contributed by atoms with E-state index in [1.165, 1.54) is 22.3 Å². The maximum atomic E-state index is 13.5. The van der Waals surface area contributed by atoms with Crippen molar-refractivity contribution in [3.05, 3.63) is 26.4 Å². The Balaban J connectivity index is 1.48. The SMILES string of the molecule is Cc1ncc(CN2C(=O)C3C=C(S(=O)(=O)NC4(C)CC4)SC3=[N+](CC3CCCOC3)C2=O)s1. The molecule has 1 saturated carbocycles. The lowest BCUT2D eigenvalue weighted by Gasteiger charge is -2.27.